The molecule has 1 aromatic carbocycles. The first-order chi connectivity index (χ1) is 14.7. The van der Waals surface area contributed by atoms with Crippen molar-refractivity contribution in [1.82, 2.24) is 30.2 Å². The summed E-state index contributed by atoms with van der Waals surface area (Å²) in [6.07, 6.45) is -3.79. The van der Waals surface area contributed by atoms with E-state index < -0.39 is 29.5 Å². The van der Waals surface area contributed by atoms with Crippen molar-refractivity contribution in [2.45, 2.75) is 12.1 Å². The molecule has 2 aromatic heterocycles. The van der Waals surface area contributed by atoms with Crippen molar-refractivity contribution >= 4 is 22.8 Å². The van der Waals surface area contributed by atoms with Gasteiger partial charge in [-0.05, 0) is 24.3 Å². The summed E-state index contributed by atoms with van der Waals surface area (Å²) in [6.45, 7) is 2.59. The minimum Gasteiger partial charge on any atom is -0.369 e. The molecule has 1 fully saturated rings. The van der Waals surface area contributed by atoms with Crippen molar-refractivity contribution in [3.05, 3.63) is 53.4 Å². The smallest absolute Gasteiger partial charge is 0.369 e. The average Bonchev–Trinajstić information content (AvgIpc) is 3.15. The number of nitrogens with two attached hydrogens (primary N) is 1. The Labute approximate surface area is 173 Å². The molecule has 3 aromatic rings. The molecule has 1 unspecified atom stereocenters. The number of imidazole rings is 1. The molecule has 1 aliphatic heterocycles. The topological polar surface area (TPSA) is 130 Å². The lowest BCUT2D eigenvalue weighted by Crippen LogP contribution is -2.46. The van der Waals surface area contributed by atoms with E-state index in [4.69, 9.17) is 5.73 Å². The number of H-pyrrole nitrogens is 1. The standard InChI is InChI=1S/C19H18F3N7O2/c20-19(21,22)13-3-4-25-16(28-13)14(15(23)30)17-26-11-2-1-10(9-12(11)27-17)18(31)29-7-5-24-6-8-29/h1-4,9,14,24H,5-8H2,(H2,23,30)(H,26,27). The second kappa shape index (κ2) is 7.95. The third kappa shape index (κ3) is 4.19. The molecule has 1 saturated heterocycles. The van der Waals surface area contributed by atoms with E-state index in [9.17, 15) is 22.8 Å². The lowest BCUT2D eigenvalue weighted by Gasteiger charge is -2.27. The maximum Gasteiger partial charge on any atom is 0.433 e. The summed E-state index contributed by atoms with van der Waals surface area (Å²) < 4.78 is 39.0. The summed E-state index contributed by atoms with van der Waals surface area (Å²) in [7, 11) is 0. The van der Waals surface area contributed by atoms with Crippen molar-refractivity contribution in [1.29, 1.82) is 0 Å². The zero-order valence-electron chi connectivity index (χ0n) is 16.1. The van der Waals surface area contributed by atoms with Crippen LogP contribution in [0.4, 0.5) is 13.2 Å². The van der Waals surface area contributed by atoms with Gasteiger partial charge in [0.05, 0.1) is 11.0 Å². The summed E-state index contributed by atoms with van der Waals surface area (Å²) >= 11 is 0. The van der Waals surface area contributed by atoms with Crippen LogP contribution in [0.25, 0.3) is 11.0 Å². The maximum atomic E-state index is 13.0. The summed E-state index contributed by atoms with van der Waals surface area (Å²) in [4.78, 5) is 40.9. The maximum absolute atomic E-state index is 13.0. The normalized spacial score (nSPS) is 15.8. The lowest BCUT2D eigenvalue weighted by atomic mass is 10.1. The van der Waals surface area contributed by atoms with E-state index in [1.54, 1.807) is 23.1 Å². The number of rotatable bonds is 4. The molecule has 1 aliphatic rings. The Morgan fingerprint density at radius 2 is 1.87 bits per heavy atom. The average molecular weight is 433 g/mol. The van der Waals surface area contributed by atoms with Crippen LogP contribution < -0.4 is 11.1 Å². The van der Waals surface area contributed by atoms with Crippen LogP contribution in [-0.4, -0.2) is 62.8 Å². The Morgan fingerprint density at radius 1 is 1.13 bits per heavy atom. The molecule has 3 heterocycles. The number of hydrogen-bond acceptors (Lipinski definition) is 6. The number of primary amides is 1. The van der Waals surface area contributed by atoms with E-state index in [1.807, 2.05) is 0 Å². The van der Waals surface area contributed by atoms with E-state index in [-0.39, 0.29) is 11.7 Å². The third-order valence-electron chi connectivity index (χ3n) is 4.93. The van der Waals surface area contributed by atoms with E-state index in [1.165, 1.54) is 0 Å². The van der Waals surface area contributed by atoms with Crippen LogP contribution >= 0.6 is 0 Å². The molecule has 0 radical (unpaired) electrons. The van der Waals surface area contributed by atoms with Gasteiger partial charge < -0.3 is 20.9 Å². The van der Waals surface area contributed by atoms with Crippen LogP contribution in [0, 0.1) is 0 Å². The van der Waals surface area contributed by atoms with Crippen LogP contribution in [0.5, 0.6) is 0 Å². The predicted octanol–water partition coefficient (Wildman–Crippen LogP) is 1.03. The minimum atomic E-state index is -4.70. The Bertz CT molecular complexity index is 1140. The summed E-state index contributed by atoms with van der Waals surface area (Å²) in [5.74, 6) is -2.95. The molecule has 31 heavy (non-hydrogen) atoms. The van der Waals surface area contributed by atoms with Gasteiger partial charge in [0.2, 0.25) is 5.91 Å². The number of piperazine rings is 1. The number of aromatic nitrogens is 4. The molecule has 4 N–H and O–H groups in total. The van der Waals surface area contributed by atoms with Crippen molar-refractivity contribution in [2.75, 3.05) is 26.2 Å². The number of halogens is 3. The molecule has 4 rings (SSSR count). The summed E-state index contributed by atoms with van der Waals surface area (Å²) in [5, 5.41) is 3.17. The Balaban J connectivity index is 1.69. The van der Waals surface area contributed by atoms with Crippen LogP contribution in [0.2, 0.25) is 0 Å². The van der Waals surface area contributed by atoms with Crippen molar-refractivity contribution < 1.29 is 22.8 Å². The second-order valence-corrected chi connectivity index (χ2v) is 7.03. The number of carbonyl (C=O) groups excluding carboxylic acids is 2. The number of alkyl halides is 3. The highest BCUT2D eigenvalue weighted by Crippen LogP contribution is 2.29. The molecule has 0 spiro atoms. The summed E-state index contributed by atoms with van der Waals surface area (Å²) in [6, 6.07) is 5.49. The largest absolute Gasteiger partial charge is 0.433 e. The van der Waals surface area contributed by atoms with Crippen LogP contribution in [0.3, 0.4) is 0 Å². The molecule has 1 atom stereocenters. The fourth-order valence-corrected chi connectivity index (χ4v) is 3.40. The van der Waals surface area contributed by atoms with Crippen LogP contribution in [0.15, 0.2) is 30.5 Å². The van der Waals surface area contributed by atoms with Gasteiger partial charge in [-0.15, -0.1) is 0 Å². The number of aromatic amines is 1. The fraction of sp³-hybridized carbons (Fsp3) is 0.316. The van der Waals surface area contributed by atoms with E-state index >= 15 is 0 Å². The number of amides is 2. The minimum absolute atomic E-state index is 0.00593. The molecule has 9 nitrogen and oxygen atoms in total. The van der Waals surface area contributed by atoms with Gasteiger partial charge in [-0.1, -0.05) is 0 Å². The third-order valence-corrected chi connectivity index (χ3v) is 4.93. The zero-order chi connectivity index (χ0) is 22.2. The van der Waals surface area contributed by atoms with Gasteiger partial charge in [0, 0.05) is 37.9 Å². The molecule has 0 bridgehead atoms. The van der Waals surface area contributed by atoms with E-state index in [0.717, 1.165) is 6.20 Å². The SMILES string of the molecule is NC(=O)C(c1nccc(C(F)(F)F)n1)c1nc2ccc(C(=O)N3CCNCC3)cc2[nH]1. The van der Waals surface area contributed by atoms with Crippen molar-refractivity contribution in [2.24, 2.45) is 5.73 Å². The van der Waals surface area contributed by atoms with E-state index in [2.05, 4.69) is 25.3 Å². The monoisotopic (exact) mass is 433 g/mol. The second-order valence-electron chi connectivity index (χ2n) is 7.03. The first-order valence-electron chi connectivity index (χ1n) is 9.43. The van der Waals surface area contributed by atoms with Gasteiger partial charge in [-0.2, -0.15) is 13.2 Å². The highest BCUT2D eigenvalue weighted by molar-refractivity contribution is 5.97. The van der Waals surface area contributed by atoms with Gasteiger partial charge in [0.15, 0.2) is 5.92 Å². The first kappa shape index (κ1) is 20.7. The predicted molar refractivity (Wildman–Crippen MR) is 103 cm³/mol. The van der Waals surface area contributed by atoms with Gasteiger partial charge >= 0.3 is 6.18 Å². The quantitative estimate of drug-likeness (QED) is 0.564. The summed E-state index contributed by atoms with van der Waals surface area (Å²) in [5.41, 5.74) is 5.53. The zero-order valence-corrected chi connectivity index (χ0v) is 16.1. The first-order valence-corrected chi connectivity index (χ1v) is 9.43. The fourth-order valence-electron chi connectivity index (χ4n) is 3.40. The van der Waals surface area contributed by atoms with E-state index in [0.29, 0.717) is 48.8 Å². The lowest BCUT2D eigenvalue weighted by molar-refractivity contribution is -0.141. The van der Waals surface area contributed by atoms with Gasteiger partial charge in [-0.25, -0.2) is 15.0 Å². The molecular formula is C19H18F3N7O2. The number of carbonyl (C=O) groups is 2. The highest BCUT2D eigenvalue weighted by Gasteiger charge is 2.35. The van der Waals surface area contributed by atoms with Crippen LogP contribution in [-0.2, 0) is 11.0 Å². The molecule has 2 amide bonds. The molecule has 162 valence electrons. The Hall–Kier alpha value is -3.54. The molecule has 0 saturated carbocycles. The number of nitrogens with zero attached hydrogens (tertiary/aromatic N) is 4. The number of fused-ring (bicyclic) bond motifs is 1. The number of nitrogens with one attached hydrogen (secondary N) is 2. The highest BCUT2D eigenvalue weighted by atomic mass is 19.4. The number of benzene rings is 1. The van der Waals surface area contributed by atoms with Gasteiger partial charge in [0.25, 0.3) is 5.91 Å². The Morgan fingerprint density at radius 3 is 2.55 bits per heavy atom. The van der Waals surface area contributed by atoms with Gasteiger partial charge in [-0.3, -0.25) is 9.59 Å². The number of hydrogen-bond donors (Lipinski definition) is 3. The molecular weight excluding hydrogens is 415 g/mol. The van der Waals surface area contributed by atoms with Crippen LogP contribution in [0.1, 0.15) is 33.6 Å². The van der Waals surface area contributed by atoms with Crippen molar-refractivity contribution in [3.8, 4) is 0 Å². The van der Waals surface area contributed by atoms with Crippen molar-refractivity contribution in [3.63, 3.8) is 0 Å². The Kier molecular flexibility index (Phi) is 5.31. The van der Waals surface area contributed by atoms with Gasteiger partial charge in [0.1, 0.15) is 17.3 Å². The molecule has 12 heteroatoms. The molecule has 0 aliphatic carbocycles.